The molecule has 3 aromatic rings. The molecule has 8 nitrogen and oxygen atoms in total. The van der Waals surface area contributed by atoms with Gasteiger partial charge in [-0.15, -0.1) is 0 Å². The van der Waals surface area contributed by atoms with Crippen LogP contribution in [0.4, 0.5) is 10.5 Å². The Morgan fingerprint density at radius 1 is 1.13 bits per heavy atom. The van der Waals surface area contributed by atoms with Crippen molar-refractivity contribution in [3.63, 3.8) is 0 Å². The molecule has 0 atom stereocenters. The van der Waals surface area contributed by atoms with Crippen molar-refractivity contribution < 1.29 is 18.8 Å². The average Bonchev–Trinajstić information content (AvgIpc) is 3.52. The van der Waals surface area contributed by atoms with E-state index in [4.69, 9.17) is 14.0 Å². The zero-order valence-corrected chi connectivity index (χ0v) is 17.0. The summed E-state index contributed by atoms with van der Waals surface area (Å²) in [5.41, 5.74) is 2.51. The quantitative estimate of drug-likeness (QED) is 0.587. The Bertz CT molecular complexity index is 1030. The summed E-state index contributed by atoms with van der Waals surface area (Å²) in [6.45, 7) is 0.350. The van der Waals surface area contributed by atoms with Crippen molar-refractivity contribution in [3.8, 4) is 11.5 Å². The molecule has 0 unspecified atom stereocenters. The highest BCUT2D eigenvalue weighted by molar-refractivity contribution is 5.90. The number of urea groups is 1. The summed E-state index contributed by atoms with van der Waals surface area (Å²) in [6.07, 6.45) is 2.71. The number of amides is 2. The monoisotopic (exact) mass is 408 g/mol. The van der Waals surface area contributed by atoms with Gasteiger partial charge in [-0.05, 0) is 42.2 Å². The molecule has 2 amide bonds. The maximum atomic E-state index is 12.4. The van der Waals surface area contributed by atoms with E-state index < -0.39 is 0 Å². The molecule has 0 bridgehead atoms. The van der Waals surface area contributed by atoms with Crippen LogP contribution in [0.2, 0.25) is 0 Å². The molecule has 4 rings (SSSR count). The number of methoxy groups -OCH3 is 2. The van der Waals surface area contributed by atoms with Crippen LogP contribution in [0.1, 0.15) is 41.6 Å². The van der Waals surface area contributed by atoms with E-state index >= 15 is 0 Å². The van der Waals surface area contributed by atoms with Crippen LogP contribution in [0.25, 0.3) is 0 Å². The molecule has 1 aliphatic carbocycles. The lowest BCUT2D eigenvalue weighted by atomic mass is 10.1. The van der Waals surface area contributed by atoms with E-state index in [-0.39, 0.29) is 6.03 Å². The van der Waals surface area contributed by atoms with Gasteiger partial charge in [-0.3, -0.25) is 0 Å². The van der Waals surface area contributed by atoms with Crippen molar-refractivity contribution in [1.82, 2.24) is 15.5 Å². The third kappa shape index (κ3) is 4.71. The number of carbonyl (C=O) groups excluding carboxylic acids is 1. The molecule has 1 saturated carbocycles. The molecule has 2 aromatic carbocycles. The standard InChI is InChI=1S/C22H24N4O4/c1-28-18-10-7-14(11-19(18)29-2)13-23-22(27)24-17-6-4-3-5-16(17)12-20-25-21(26-30-20)15-8-9-15/h3-7,10-11,15H,8-9,12-13H2,1-2H3,(H2,23,24,27). The molecular weight excluding hydrogens is 384 g/mol. The highest BCUT2D eigenvalue weighted by atomic mass is 16.5. The van der Waals surface area contributed by atoms with Gasteiger partial charge in [0.25, 0.3) is 0 Å². The van der Waals surface area contributed by atoms with E-state index in [1.54, 1.807) is 14.2 Å². The van der Waals surface area contributed by atoms with Crippen molar-refractivity contribution in [3.05, 3.63) is 65.3 Å². The molecule has 1 fully saturated rings. The van der Waals surface area contributed by atoms with Crippen LogP contribution in [0, 0.1) is 0 Å². The molecule has 0 spiro atoms. The normalized spacial score (nSPS) is 13.0. The van der Waals surface area contributed by atoms with Gasteiger partial charge in [0.05, 0.1) is 20.6 Å². The van der Waals surface area contributed by atoms with Crippen LogP contribution in [0.15, 0.2) is 47.0 Å². The number of hydrogen-bond donors (Lipinski definition) is 2. The Labute approximate surface area is 174 Å². The number of hydrogen-bond acceptors (Lipinski definition) is 6. The van der Waals surface area contributed by atoms with E-state index in [2.05, 4.69) is 20.8 Å². The zero-order chi connectivity index (χ0) is 20.9. The lowest BCUT2D eigenvalue weighted by Crippen LogP contribution is -2.28. The van der Waals surface area contributed by atoms with Crippen LogP contribution in [0.3, 0.4) is 0 Å². The van der Waals surface area contributed by atoms with Gasteiger partial charge in [0.15, 0.2) is 17.3 Å². The molecule has 0 saturated heterocycles. The average molecular weight is 408 g/mol. The van der Waals surface area contributed by atoms with Crippen molar-refractivity contribution >= 4 is 11.7 Å². The SMILES string of the molecule is COc1ccc(CNC(=O)Nc2ccccc2Cc2nc(C3CC3)no2)cc1OC. The third-order valence-electron chi connectivity index (χ3n) is 4.93. The predicted molar refractivity (Wildman–Crippen MR) is 111 cm³/mol. The fraction of sp³-hybridized carbons (Fsp3) is 0.318. The summed E-state index contributed by atoms with van der Waals surface area (Å²) in [7, 11) is 3.16. The van der Waals surface area contributed by atoms with Crippen molar-refractivity contribution in [2.45, 2.75) is 31.7 Å². The fourth-order valence-electron chi connectivity index (χ4n) is 3.15. The van der Waals surface area contributed by atoms with E-state index in [1.165, 1.54) is 0 Å². The first kappa shape index (κ1) is 19.8. The van der Waals surface area contributed by atoms with Crippen molar-refractivity contribution in [2.24, 2.45) is 0 Å². The smallest absolute Gasteiger partial charge is 0.319 e. The number of carbonyl (C=O) groups is 1. The summed E-state index contributed by atoms with van der Waals surface area (Å²) in [6, 6.07) is 12.8. The molecule has 156 valence electrons. The van der Waals surface area contributed by atoms with Crippen LogP contribution >= 0.6 is 0 Å². The molecule has 2 N–H and O–H groups in total. The first-order chi connectivity index (χ1) is 14.7. The zero-order valence-electron chi connectivity index (χ0n) is 17.0. The first-order valence-electron chi connectivity index (χ1n) is 9.82. The second kappa shape index (κ2) is 8.86. The number of nitrogens with one attached hydrogen (secondary N) is 2. The summed E-state index contributed by atoms with van der Waals surface area (Å²) in [5, 5.41) is 9.80. The highest BCUT2D eigenvalue weighted by Crippen LogP contribution is 2.38. The summed E-state index contributed by atoms with van der Waals surface area (Å²) < 4.78 is 15.9. The van der Waals surface area contributed by atoms with Gasteiger partial charge in [-0.2, -0.15) is 4.98 Å². The minimum atomic E-state index is -0.304. The van der Waals surface area contributed by atoms with Gasteiger partial charge >= 0.3 is 6.03 Å². The van der Waals surface area contributed by atoms with Crippen LogP contribution in [-0.2, 0) is 13.0 Å². The van der Waals surface area contributed by atoms with Crippen molar-refractivity contribution in [2.75, 3.05) is 19.5 Å². The lowest BCUT2D eigenvalue weighted by molar-refractivity contribution is 0.251. The van der Waals surface area contributed by atoms with Gasteiger partial charge in [-0.1, -0.05) is 29.4 Å². The Balaban J connectivity index is 1.37. The van der Waals surface area contributed by atoms with Gasteiger partial charge in [0.1, 0.15) is 0 Å². The number of nitrogens with zero attached hydrogens (tertiary/aromatic N) is 2. The Morgan fingerprint density at radius 2 is 1.93 bits per heavy atom. The van der Waals surface area contributed by atoms with Gasteiger partial charge < -0.3 is 24.6 Å². The van der Waals surface area contributed by atoms with E-state index in [9.17, 15) is 4.79 Å². The number of benzene rings is 2. The number of para-hydroxylation sites is 1. The number of ether oxygens (including phenoxy) is 2. The van der Waals surface area contributed by atoms with Gasteiger partial charge in [-0.25, -0.2) is 4.79 Å². The van der Waals surface area contributed by atoms with E-state index in [0.29, 0.717) is 42.0 Å². The number of rotatable bonds is 8. The van der Waals surface area contributed by atoms with Gasteiger partial charge in [0, 0.05) is 18.2 Å². The molecule has 1 aromatic heterocycles. The topological polar surface area (TPSA) is 98.5 Å². The molecule has 30 heavy (non-hydrogen) atoms. The summed E-state index contributed by atoms with van der Waals surface area (Å²) >= 11 is 0. The lowest BCUT2D eigenvalue weighted by Gasteiger charge is -2.12. The van der Waals surface area contributed by atoms with E-state index in [0.717, 1.165) is 29.8 Å². The fourth-order valence-corrected chi connectivity index (χ4v) is 3.15. The molecule has 8 heteroatoms. The highest BCUT2D eigenvalue weighted by Gasteiger charge is 2.28. The summed E-state index contributed by atoms with van der Waals surface area (Å²) in [5.74, 6) is 3.04. The molecule has 1 aliphatic rings. The minimum absolute atomic E-state index is 0.304. The van der Waals surface area contributed by atoms with Crippen LogP contribution < -0.4 is 20.1 Å². The predicted octanol–water partition coefficient (Wildman–Crippen LogP) is 3.88. The third-order valence-corrected chi connectivity index (χ3v) is 4.93. The first-order valence-corrected chi connectivity index (χ1v) is 9.82. The molecule has 1 heterocycles. The Kier molecular flexibility index (Phi) is 5.83. The Morgan fingerprint density at radius 3 is 2.70 bits per heavy atom. The van der Waals surface area contributed by atoms with Crippen LogP contribution in [0.5, 0.6) is 11.5 Å². The minimum Gasteiger partial charge on any atom is -0.493 e. The maximum absolute atomic E-state index is 12.4. The second-order valence-corrected chi connectivity index (χ2v) is 7.15. The Hall–Kier alpha value is -3.55. The molecular formula is C22H24N4O4. The number of aromatic nitrogens is 2. The molecule has 0 aliphatic heterocycles. The maximum Gasteiger partial charge on any atom is 0.319 e. The summed E-state index contributed by atoms with van der Waals surface area (Å²) in [4.78, 5) is 16.9. The molecule has 0 radical (unpaired) electrons. The largest absolute Gasteiger partial charge is 0.493 e. The van der Waals surface area contributed by atoms with Crippen molar-refractivity contribution in [1.29, 1.82) is 0 Å². The number of anilines is 1. The van der Waals surface area contributed by atoms with Gasteiger partial charge in [0.2, 0.25) is 5.89 Å². The van der Waals surface area contributed by atoms with E-state index in [1.807, 2.05) is 42.5 Å². The van der Waals surface area contributed by atoms with Crippen LogP contribution in [-0.4, -0.2) is 30.4 Å². The second-order valence-electron chi connectivity index (χ2n) is 7.15.